The third-order valence-electron chi connectivity index (χ3n) is 5.97. The van der Waals surface area contributed by atoms with Crippen LogP contribution >= 0.6 is 0 Å². The number of ether oxygens (including phenoxy) is 3. The molecule has 0 spiro atoms. The Labute approximate surface area is 188 Å². The lowest BCUT2D eigenvalue weighted by Crippen LogP contribution is -2.40. The fourth-order valence-corrected chi connectivity index (χ4v) is 4.08. The van der Waals surface area contributed by atoms with Gasteiger partial charge in [-0.15, -0.1) is 0 Å². The average Bonchev–Trinajstić information content (AvgIpc) is 3.36. The van der Waals surface area contributed by atoms with E-state index in [1.54, 1.807) is 35.0 Å². The maximum Gasteiger partial charge on any atom is 0.258 e. The lowest BCUT2D eigenvalue weighted by atomic mass is 10.1. The summed E-state index contributed by atoms with van der Waals surface area (Å²) in [7, 11) is 1.75. The van der Waals surface area contributed by atoms with Crippen LogP contribution in [0.5, 0.6) is 5.75 Å². The van der Waals surface area contributed by atoms with Crippen LogP contribution in [0, 0.1) is 6.92 Å². The highest BCUT2D eigenvalue weighted by Crippen LogP contribution is 2.24. The van der Waals surface area contributed by atoms with Gasteiger partial charge in [0.1, 0.15) is 12.4 Å². The van der Waals surface area contributed by atoms with Gasteiger partial charge in [0, 0.05) is 43.6 Å². The molecule has 7 heteroatoms. The normalized spacial score (nSPS) is 18.4. The second-order valence-corrected chi connectivity index (χ2v) is 8.24. The highest BCUT2D eigenvalue weighted by atomic mass is 16.5. The van der Waals surface area contributed by atoms with Gasteiger partial charge in [-0.05, 0) is 67.8 Å². The van der Waals surface area contributed by atoms with Gasteiger partial charge in [0.15, 0.2) is 0 Å². The van der Waals surface area contributed by atoms with Crippen molar-refractivity contribution in [2.75, 3.05) is 51.5 Å². The van der Waals surface area contributed by atoms with Gasteiger partial charge in [0.25, 0.3) is 11.8 Å². The van der Waals surface area contributed by atoms with E-state index in [-0.39, 0.29) is 17.9 Å². The Hall–Kier alpha value is -2.90. The molecule has 7 nitrogen and oxygen atoms in total. The van der Waals surface area contributed by atoms with Crippen molar-refractivity contribution in [3.8, 4) is 5.75 Å². The molecule has 0 bridgehead atoms. The fraction of sp³-hybridized carbons (Fsp3) is 0.440. The zero-order valence-electron chi connectivity index (χ0n) is 18.7. The molecule has 32 heavy (non-hydrogen) atoms. The summed E-state index contributed by atoms with van der Waals surface area (Å²) in [6, 6.07) is 12.6. The molecule has 0 aliphatic carbocycles. The highest BCUT2D eigenvalue weighted by Gasteiger charge is 2.21. The van der Waals surface area contributed by atoms with E-state index in [1.165, 1.54) is 0 Å². The minimum Gasteiger partial charge on any atom is -0.491 e. The molecule has 0 radical (unpaired) electrons. The smallest absolute Gasteiger partial charge is 0.258 e. The van der Waals surface area contributed by atoms with E-state index in [4.69, 9.17) is 14.2 Å². The highest BCUT2D eigenvalue weighted by molar-refractivity contribution is 6.06. The topological polar surface area (TPSA) is 68.3 Å². The van der Waals surface area contributed by atoms with Gasteiger partial charge in [-0.1, -0.05) is 0 Å². The molecule has 2 heterocycles. The number of benzene rings is 2. The standard InChI is InChI=1S/C25H30N2O5/c1-18-16-20(25(29)27-11-14-30-15-12-27)7-10-23(18)26(2)24(28)19-5-8-21(9-6-19)32-17-22-4-3-13-31-22/h5-10,16,22H,3-4,11-15,17H2,1-2H3. The van der Waals surface area contributed by atoms with E-state index in [0.717, 1.165) is 36.4 Å². The van der Waals surface area contributed by atoms with E-state index in [2.05, 4.69) is 0 Å². The number of amides is 2. The first-order valence-corrected chi connectivity index (χ1v) is 11.1. The molecule has 2 aromatic rings. The van der Waals surface area contributed by atoms with Crippen LogP contribution in [0.4, 0.5) is 5.69 Å². The molecule has 1 atom stereocenters. The summed E-state index contributed by atoms with van der Waals surface area (Å²) < 4.78 is 16.7. The lowest BCUT2D eigenvalue weighted by molar-refractivity contribution is 0.0303. The first-order valence-electron chi connectivity index (χ1n) is 11.1. The molecule has 2 aliphatic rings. The van der Waals surface area contributed by atoms with Gasteiger partial charge in [0.05, 0.1) is 19.3 Å². The Bertz CT molecular complexity index is 947. The summed E-state index contributed by atoms with van der Waals surface area (Å²) in [5.41, 5.74) is 2.84. The van der Waals surface area contributed by atoms with Crippen molar-refractivity contribution in [3.05, 3.63) is 59.2 Å². The second kappa shape index (κ2) is 10.1. The third kappa shape index (κ3) is 5.11. The molecule has 2 fully saturated rings. The predicted molar refractivity (Wildman–Crippen MR) is 122 cm³/mol. The Morgan fingerprint density at radius 1 is 1.06 bits per heavy atom. The quantitative estimate of drug-likeness (QED) is 0.692. The van der Waals surface area contributed by atoms with Crippen molar-refractivity contribution in [3.63, 3.8) is 0 Å². The summed E-state index contributed by atoms with van der Waals surface area (Å²) in [6.45, 7) is 5.59. The summed E-state index contributed by atoms with van der Waals surface area (Å²) in [5, 5.41) is 0. The molecule has 1 unspecified atom stereocenters. The Morgan fingerprint density at radius 3 is 2.44 bits per heavy atom. The van der Waals surface area contributed by atoms with Crippen LogP contribution in [0.2, 0.25) is 0 Å². The van der Waals surface area contributed by atoms with Crippen molar-refractivity contribution in [1.29, 1.82) is 0 Å². The summed E-state index contributed by atoms with van der Waals surface area (Å²) >= 11 is 0. The van der Waals surface area contributed by atoms with E-state index in [1.807, 2.05) is 31.2 Å². The van der Waals surface area contributed by atoms with Crippen molar-refractivity contribution < 1.29 is 23.8 Å². The minimum atomic E-state index is -0.119. The van der Waals surface area contributed by atoms with E-state index < -0.39 is 0 Å². The Kier molecular flexibility index (Phi) is 7.07. The lowest BCUT2D eigenvalue weighted by Gasteiger charge is -2.27. The summed E-state index contributed by atoms with van der Waals surface area (Å²) in [4.78, 5) is 29.2. The largest absolute Gasteiger partial charge is 0.491 e. The SMILES string of the molecule is Cc1cc(C(=O)N2CCOCC2)ccc1N(C)C(=O)c1ccc(OCC2CCCO2)cc1. The van der Waals surface area contributed by atoms with Crippen molar-refractivity contribution in [2.24, 2.45) is 0 Å². The number of hydrogen-bond acceptors (Lipinski definition) is 5. The number of carbonyl (C=O) groups excluding carboxylic acids is 2. The molecule has 2 aliphatic heterocycles. The zero-order valence-corrected chi connectivity index (χ0v) is 18.7. The Morgan fingerprint density at radius 2 is 1.78 bits per heavy atom. The van der Waals surface area contributed by atoms with Gasteiger partial charge < -0.3 is 24.0 Å². The maximum absolute atomic E-state index is 13.0. The average molecular weight is 439 g/mol. The van der Waals surface area contributed by atoms with Gasteiger partial charge in [-0.2, -0.15) is 0 Å². The number of rotatable bonds is 6. The maximum atomic E-state index is 13.0. The molecular weight excluding hydrogens is 408 g/mol. The molecule has 0 aromatic heterocycles. The van der Waals surface area contributed by atoms with Gasteiger partial charge >= 0.3 is 0 Å². The van der Waals surface area contributed by atoms with Crippen LogP contribution in [0.1, 0.15) is 39.1 Å². The number of nitrogens with zero attached hydrogens (tertiary/aromatic N) is 2. The monoisotopic (exact) mass is 438 g/mol. The van der Waals surface area contributed by atoms with Crippen molar-refractivity contribution in [2.45, 2.75) is 25.9 Å². The summed E-state index contributed by atoms with van der Waals surface area (Å²) in [5.74, 6) is 0.600. The van der Waals surface area contributed by atoms with Crippen LogP contribution in [0.3, 0.4) is 0 Å². The van der Waals surface area contributed by atoms with Gasteiger partial charge in [-0.25, -0.2) is 0 Å². The predicted octanol–water partition coefficient (Wildman–Crippen LogP) is 3.30. The Balaban J connectivity index is 1.39. The van der Waals surface area contributed by atoms with Crippen LogP contribution < -0.4 is 9.64 Å². The molecule has 2 amide bonds. The first-order chi connectivity index (χ1) is 15.5. The van der Waals surface area contributed by atoms with E-state index in [0.29, 0.717) is 44.0 Å². The molecule has 0 saturated carbocycles. The number of carbonyl (C=O) groups is 2. The van der Waals surface area contributed by atoms with Gasteiger partial charge in [0.2, 0.25) is 0 Å². The second-order valence-electron chi connectivity index (χ2n) is 8.24. The third-order valence-corrected chi connectivity index (χ3v) is 5.97. The zero-order chi connectivity index (χ0) is 22.5. The first kappa shape index (κ1) is 22.3. The summed E-state index contributed by atoms with van der Waals surface area (Å²) in [6.07, 6.45) is 2.26. The van der Waals surface area contributed by atoms with Crippen LogP contribution in [0.25, 0.3) is 0 Å². The number of aryl methyl sites for hydroxylation is 1. The molecule has 2 aromatic carbocycles. The van der Waals surface area contributed by atoms with E-state index in [9.17, 15) is 9.59 Å². The molecular formula is C25H30N2O5. The van der Waals surface area contributed by atoms with E-state index >= 15 is 0 Å². The van der Waals surface area contributed by atoms with Crippen LogP contribution in [-0.4, -0.2) is 69.4 Å². The number of morpholine rings is 1. The molecule has 0 N–H and O–H groups in total. The number of hydrogen-bond donors (Lipinski definition) is 0. The molecule has 170 valence electrons. The van der Waals surface area contributed by atoms with Crippen LogP contribution in [0.15, 0.2) is 42.5 Å². The van der Waals surface area contributed by atoms with Crippen LogP contribution in [-0.2, 0) is 9.47 Å². The minimum absolute atomic E-state index is 0.00415. The fourth-order valence-electron chi connectivity index (χ4n) is 4.08. The molecule has 4 rings (SSSR count). The van der Waals surface area contributed by atoms with Crippen molar-refractivity contribution >= 4 is 17.5 Å². The van der Waals surface area contributed by atoms with Gasteiger partial charge in [-0.3, -0.25) is 9.59 Å². The molecule has 2 saturated heterocycles. The number of anilines is 1. The van der Waals surface area contributed by atoms with Crippen molar-refractivity contribution in [1.82, 2.24) is 4.90 Å².